The van der Waals surface area contributed by atoms with Crippen LogP contribution in [0.3, 0.4) is 0 Å². The van der Waals surface area contributed by atoms with Crippen molar-refractivity contribution in [3.63, 3.8) is 0 Å². The summed E-state index contributed by atoms with van der Waals surface area (Å²) in [5.41, 5.74) is 0. The molecule has 1 N–H and O–H groups in total. The summed E-state index contributed by atoms with van der Waals surface area (Å²) in [4.78, 5) is 0. The minimum atomic E-state index is 0.552. The fourth-order valence-corrected chi connectivity index (χ4v) is 1.53. The average Bonchev–Trinajstić information content (AvgIpc) is 2.46. The summed E-state index contributed by atoms with van der Waals surface area (Å²) in [7, 11) is 1.65. The van der Waals surface area contributed by atoms with Crippen molar-refractivity contribution < 1.29 is 14.2 Å². The highest BCUT2D eigenvalue weighted by molar-refractivity contribution is 5.32. The summed E-state index contributed by atoms with van der Waals surface area (Å²) < 4.78 is 16.2. The maximum atomic E-state index is 5.57. The molecule has 1 unspecified atom stereocenters. The maximum Gasteiger partial charge on any atom is 0.123 e. The molecule has 0 bridgehead atoms. The van der Waals surface area contributed by atoms with Crippen LogP contribution in [0.5, 0.6) is 11.5 Å². The lowest BCUT2D eigenvalue weighted by Crippen LogP contribution is -2.29. The number of methoxy groups -OCH3 is 1. The van der Waals surface area contributed by atoms with Gasteiger partial charge in [-0.1, -0.05) is 13.0 Å². The zero-order chi connectivity index (χ0) is 13.9. The molecule has 0 fully saturated rings. The van der Waals surface area contributed by atoms with E-state index in [-0.39, 0.29) is 0 Å². The van der Waals surface area contributed by atoms with Crippen LogP contribution in [0.25, 0.3) is 0 Å². The third-order valence-corrected chi connectivity index (χ3v) is 2.89. The Balaban J connectivity index is 2.04. The number of rotatable bonds is 10. The first-order chi connectivity index (χ1) is 9.26. The second kappa shape index (κ2) is 9.64. The molecule has 0 aromatic heterocycles. The maximum absolute atomic E-state index is 5.57. The SMILES string of the molecule is CCC(C)NCCOCCOc1cccc(OC)c1. The lowest BCUT2D eigenvalue weighted by molar-refractivity contribution is 0.100. The molecule has 19 heavy (non-hydrogen) atoms. The van der Waals surface area contributed by atoms with Crippen LogP contribution in [0, 0.1) is 0 Å². The Labute approximate surface area is 116 Å². The minimum Gasteiger partial charge on any atom is -0.497 e. The van der Waals surface area contributed by atoms with Gasteiger partial charge in [0, 0.05) is 18.7 Å². The first kappa shape index (κ1) is 15.8. The number of hydrogen-bond donors (Lipinski definition) is 1. The lowest BCUT2D eigenvalue weighted by Gasteiger charge is -2.11. The highest BCUT2D eigenvalue weighted by atomic mass is 16.5. The average molecular weight is 267 g/mol. The molecule has 0 radical (unpaired) electrons. The number of nitrogens with one attached hydrogen (secondary N) is 1. The minimum absolute atomic E-state index is 0.552. The summed E-state index contributed by atoms with van der Waals surface area (Å²) in [6.45, 7) is 7.09. The van der Waals surface area contributed by atoms with Crippen LogP contribution < -0.4 is 14.8 Å². The Bertz CT molecular complexity index is 344. The van der Waals surface area contributed by atoms with E-state index in [1.807, 2.05) is 24.3 Å². The standard InChI is InChI=1S/C15H25NO3/c1-4-13(2)16-8-9-18-10-11-19-15-7-5-6-14(12-15)17-3/h5-7,12-13,16H,4,8-11H2,1-3H3. The van der Waals surface area contributed by atoms with Gasteiger partial charge < -0.3 is 19.5 Å². The van der Waals surface area contributed by atoms with Gasteiger partial charge in [-0.3, -0.25) is 0 Å². The molecule has 1 aromatic carbocycles. The summed E-state index contributed by atoms with van der Waals surface area (Å²) in [5.74, 6) is 1.61. The van der Waals surface area contributed by atoms with Crippen LogP contribution >= 0.6 is 0 Å². The molecular formula is C15H25NO3. The summed E-state index contributed by atoms with van der Waals surface area (Å²) in [5, 5.41) is 3.37. The van der Waals surface area contributed by atoms with E-state index in [0.717, 1.165) is 24.5 Å². The van der Waals surface area contributed by atoms with E-state index < -0.39 is 0 Å². The van der Waals surface area contributed by atoms with Gasteiger partial charge in [0.1, 0.15) is 18.1 Å². The molecule has 0 spiro atoms. The highest BCUT2D eigenvalue weighted by Gasteiger charge is 1.98. The van der Waals surface area contributed by atoms with Gasteiger partial charge in [0.15, 0.2) is 0 Å². The molecule has 4 heteroatoms. The Kier molecular flexibility index (Phi) is 8.02. The van der Waals surface area contributed by atoms with Crippen LogP contribution in [0.4, 0.5) is 0 Å². The molecule has 0 amide bonds. The van der Waals surface area contributed by atoms with Gasteiger partial charge in [0.05, 0.1) is 20.3 Å². The van der Waals surface area contributed by atoms with Crippen molar-refractivity contribution in [2.75, 3.05) is 33.5 Å². The van der Waals surface area contributed by atoms with Gasteiger partial charge in [-0.15, -0.1) is 0 Å². The second-order valence-electron chi connectivity index (χ2n) is 4.40. The normalized spacial score (nSPS) is 12.2. The zero-order valence-electron chi connectivity index (χ0n) is 12.1. The largest absolute Gasteiger partial charge is 0.497 e. The number of hydrogen-bond acceptors (Lipinski definition) is 4. The topological polar surface area (TPSA) is 39.7 Å². The van der Waals surface area contributed by atoms with E-state index in [1.54, 1.807) is 7.11 Å². The van der Waals surface area contributed by atoms with E-state index in [0.29, 0.717) is 25.9 Å². The Morgan fingerprint density at radius 1 is 1.16 bits per heavy atom. The van der Waals surface area contributed by atoms with Crippen LogP contribution in [0.1, 0.15) is 20.3 Å². The third-order valence-electron chi connectivity index (χ3n) is 2.89. The van der Waals surface area contributed by atoms with Crippen LogP contribution in [-0.4, -0.2) is 39.5 Å². The first-order valence-corrected chi connectivity index (χ1v) is 6.84. The highest BCUT2D eigenvalue weighted by Crippen LogP contribution is 2.18. The van der Waals surface area contributed by atoms with Gasteiger partial charge in [-0.2, -0.15) is 0 Å². The fourth-order valence-electron chi connectivity index (χ4n) is 1.53. The van der Waals surface area contributed by atoms with Gasteiger partial charge in [-0.25, -0.2) is 0 Å². The van der Waals surface area contributed by atoms with Crippen LogP contribution in [0.2, 0.25) is 0 Å². The van der Waals surface area contributed by atoms with E-state index in [9.17, 15) is 0 Å². The Morgan fingerprint density at radius 3 is 2.68 bits per heavy atom. The predicted octanol–water partition coefficient (Wildman–Crippen LogP) is 2.48. The first-order valence-electron chi connectivity index (χ1n) is 6.84. The Morgan fingerprint density at radius 2 is 1.95 bits per heavy atom. The monoisotopic (exact) mass is 267 g/mol. The van der Waals surface area contributed by atoms with E-state index in [2.05, 4.69) is 19.2 Å². The smallest absolute Gasteiger partial charge is 0.123 e. The van der Waals surface area contributed by atoms with Crippen molar-refractivity contribution in [1.29, 1.82) is 0 Å². The fraction of sp³-hybridized carbons (Fsp3) is 0.600. The molecular weight excluding hydrogens is 242 g/mol. The molecule has 1 atom stereocenters. The third kappa shape index (κ3) is 7.03. The van der Waals surface area contributed by atoms with E-state index in [1.165, 1.54) is 0 Å². The molecule has 0 saturated carbocycles. The van der Waals surface area contributed by atoms with Crippen LogP contribution in [-0.2, 0) is 4.74 Å². The van der Waals surface area contributed by atoms with Crippen LogP contribution in [0.15, 0.2) is 24.3 Å². The molecule has 1 aromatic rings. The zero-order valence-corrected chi connectivity index (χ0v) is 12.1. The van der Waals surface area contributed by atoms with Crippen molar-refractivity contribution in [3.05, 3.63) is 24.3 Å². The summed E-state index contributed by atoms with van der Waals surface area (Å²) in [6, 6.07) is 8.13. The molecule has 1 rings (SSSR count). The van der Waals surface area contributed by atoms with Gasteiger partial charge in [0.2, 0.25) is 0 Å². The van der Waals surface area contributed by atoms with Crippen molar-refractivity contribution in [1.82, 2.24) is 5.32 Å². The van der Waals surface area contributed by atoms with Crippen molar-refractivity contribution in [2.24, 2.45) is 0 Å². The molecule has 0 aliphatic heterocycles. The molecule has 108 valence electrons. The van der Waals surface area contributed by atoms with Gasteiger partial charge in [0.25, 0.3) is 0 Å². The molecule has 0 heterocycles. The second-order valence-corrected chi connectivity index (χ2v) is 4.40. The number of benzene rings is 1. The van der Waals surface area contributed by atoms with E-state index >= 15 is 0 Å². The summed E-state index contributed by atoms with van der Waals surface area (Å²) >= 11 is 0. The number of ether oxygens (including phenoxy) is 3. The summed E-state index contributed by atoms with van der Waals surface area (Å²) in [6.07, 6.45) is 1.14. The van der Waals surface area contributed by atoms with Crippen molar-refractivity contribution >= 4 is 0 Å². The van der Waals surface area contributed by atoms with E-state index in [4.69, 9.17) is 14.2 Å². The molecule has 0 saturated heterocycles. The Hall–Kier alpha value is -1.26. The molecule has 0 aliphatic rings. The predicted molar refractivity (Wildman–Crippen MR) is 77.1 cm³/mol. The lowest BCUT2D eigenvalue weighted by atomic mass is 10.3. The van der Waals surface area contributed by atoms with Gasteiger partial charge in [-0.05, 0) is 25.5 Å². The van der Waals surface area contributed by atoms with Crippen molar-refractivity contribution in [3.8, 4) is 11.5 Å². The molecule has 0 aliphatic carbocycles. The molecule has 4 nitrogen and oxygen atoms in total. The van der Waals surface area contributed by atoms with Gasteiger partial charge >= 0.3 is 0 Å². The van der Waals surface area contributed by atoms with Crippen molar-refractivity contribution in [2.45, 2.75) is 26.3 Å². The quantitative estimate of drug-likeness (QED) is 0.661.